The number of rotatable bonds is 2. The van der Waals surface area contributed by atoms with E-state index in [9.17, 15) is 9.59 Å². The van der Waals surface area contributed by atoms with Crippen LogP contribution in [0.4, 0.5) is 0 Å². The van der Waals surface area contributed by atoms with Gasteiger partial charge in [-0.05, 0) is 38.1 Å². The topological polar surface area (TPSA) is 58.2 Å². The Balaban J connectivity index is 1.92. The van der Waals surface area contributed by atoms with Crippen molar-refractivity contribution in [3.05, 3.63) is 35.9 Å². The van der Waals surface area contributed by atoms with Crippen molar-refractivity contribution in [1.82, 2.24) is 10.6 Å². The molecule has 2 rings (SSSR count). The maximum absolute atomic E-state index is 11.8. The van der Waals surface area contributed by atoms with Crippen molar-refractivity contribution in [2.75, 3.05) is 13.1 Å². The minimum atomic E-state index is -0.311. The summed E-state index contributed by atoms with van der Waals surface area (Å²) in [6.07, 6.45) is 1.60. The molecule has 2 amide bonds. The summed E-state index contributed by atoms with van der Waals surface area (Å²) in [5.74, 6) is -0.501. The molecule has 4 nitrogen and oxygen atoms in total. The highest BCUT2D eigenvalue weighted by Crippen LogP contribution is 2.11. The molecular formula is C13H16N2O2. The van der Waals surface area contributed by atoms with Crippen LogP contribution in [0.5, 0.6) is 0 Å². The van der Waals surface area contributed by atoms with Gasteiger partial charge in [0.05, 0.1) is 0 Å². The van der Waals surface area contributed by atoms with E-state index in [0.717, 1.165) is 25.9 Å². The molecule has 0 spiro atoms. The van der Waals surface area contributed by atoms with Gasteiger partial charge in [0.2, 0.25) is 5.91 Å². The van der Waals surface area contributed by atoms with E-state index in [1.54, 1.807) is 24.3 Å². The van der Waals surface area contributed by atoms with Gasteiger partial charge in [0, 0.05) is 11.5 Å². The van der Waals surface area contributed by atoms with Crippen LogP contribution in [-0.2, 0) is 4.79 Å². The van der Waals surface area contributed by atoms with Gasteiger partial charge in [-0.25, -0.2) is 0 Å². The molecule has 1 heterocycles. The highest BCUT2D eigenvalue weighted by Gasteiger charge is 2.22. The van der Waals surface area contributed by atoms with Crippen molar-refractivity contribution >= 4 is 11.8 Å². The van der Waals surface area contributed by atoms with Gasteiger partial charge in [-0.1, -0.05) is 18.2 Å². The first-order chi connectivity index (χ1) is 8.27. The Labute approximate surface area is 100 Å². The van der Waals surface area contributed by atoms with Crippen molar-refractivity contribution in [1.29, 1.82) is 0 Å². The van der Waals surface area contributed by atoms with Crippen molar-refractivity contribution in [2.24, 2.45) is 5.92 Å². The Morgan fingerprint density at radius 3 is 2.41 bits per heavy atom. The Morgan fingerprint density at radius 2 is 1.76 bits per heavy atom. The third-order valence-electron chi connectivity index (χ3n) is 2.98. The molecule has 2 N–H and O–H groups in total. The fraction of sp³-hybridized carbons (Fsp3) is 0.385. The fourth-order valence-electron chi connectivity index (χ4n) is 1.96. The van der Waals surface area contributed by atoms with Crippen LogP contribution in [0.25, 0.3) is 0 Å². The van der Waals surface area contributed by atoms with Crippen molar-refractivity contribution < 1.29 is 9.59 Å². The average Bonchev–Trinajstić information content (AvgIpc) is 2.40. The molecule has 1 aromatic rings. The second-order valence-electron chi connectivity index (χ2n) is 4.21. The molecule has 4 heteroatoms. The van der Waals surface area contributed by atoms with Crippen LogP contribution in [0.15, 0.2) is 30.3 Å². The lowest BCUT2D eigenvalue weighted by Crippen LogP contribution is -2.40. The molecule has 0 saturated carbocycles. The lowest BCUT2D eigenvalue weighted by atomic mass is 9.97. The summed E-state index contributed by atoms with van der Waals surface area (Å²) in [7, 11) is 0. The van der Waals surface area contributed by atoms with Crippen LogP contribution < -0.4 is 10.6 Å². The molecule has 0 aromatic heterocycles. The van der Waals surface area contributed by atoms with Crippen LogP contribution in [0.3, 0.4) is 0 Å². The Bertz CT molecular complexity index is 397. The number of piperidine rings is 1. The van der Waals surface area contributed by atoms with Crippen LogP contribution in [0, 0.1) is 5.92 Å². The zero-order valence-corrected chi connectivity index (χ0v) is 9.61. The summed E-state index contributed by atoms with van der Waals surface area (Å²) in [5.41, 5.74) is 0.523. The van der Waals surface area contributed by atoms with Crippen LogP contribution in [0.2, 0.25) is 0 Å². The molecule has 0 radical (unpaired) electrons. The lowest BCUT2D eigenvalue weighted by molar-refractivity contribution is -0.124. The van der Waals surface area contributed by atoms with Gasteiger partial charge in [0.1, 0.15) is 0 Å². The number of benzene rings is 1. The highest BCUT2D eigenvalue weighted by atomic mass is 16.2. The van der Waals surface area contributed by atoms with E-state index in [-0.39, 0.29) is 17.7 Å². The van der Waals surface area contributed by atoms with Gasteiger partial charge in [0.25, 0.3) is 5.91 Å². The second kappa shape index (κ2) is 5.59. The quantitative estimate of drug-likeness (QED) is 0.746. The molecule has 1 aliphatic rings. The minimum absolute atomic E-state index is 0.0380. The molecule has 0 aliphatic carbocycles. The van der Waals surface area contributed by atoms with E-state index < -0.39 is 0 Å². The maximum Gasteiger partial charge on any atom is 0.257 e. The summed E-state index contributed by atoms with van der Waals surface area (Å²) in [6.45, 7) is 1.69. The SMILES string of the molecule is O=C(NC(=O)C1CCNCC1)c1ccccc1. The number of imide groups is 1. The number of amides is 2. The van der Waals surface area contributed by atoms with Crippen LogP contribution >= 0.6 is 0 Å². The van der Waals surface area contributed by atoms with Gasteiger partial charge in [-0.15, -0.1) is 0 Å². The van der Waals surface area contributed by atoms with E-state index in [2.05, 4.69) is 10.6 Å². The first-order valence-corrected chi connectivity index (χ1v) is 5.88. The summed E-state index contributed by atoms with van der Waals surface area (Å²) >= 11 is 0. The van der Waals surface area contributed by atoms with Crippen LogP contribution in [-0.4, -0.2) is 24.9 Å². The Morgan fingerprint density at radius 1 is 1.12 bits per heavy atom. The van der Waals surface area contributed by atoms with Gasteiger partial charge >= 0.3 is 0 Å². The molecule has 0 atom stereocenters. The van der Waals surface area contributed by atoms with E-state index >= 15 is 0 Å². The van der Waals surface area contributed by atoms with Crippen LogP contribution in [0.1, 0.15) is 23.2 Å². The molecular weight excluding hydrogens is 216 g/mol. The van der Waals surface area contributed by atoms with Crippen molar-refractivity contribution in [3.8, 4) is 0 Å². The summed E-state index contributed by atoms with van der Waals surface area (Å²) in [6, 6.07) is 8.80. The predicted octanol–water partition coefficient (Wildman–Crippen LogP) is 0.943. The molecule has 0 unspecified atom stereocenters. The standard InChI is InChI=1S/C13H16N2O2/c16-12(10-4-2-1-3-5-10)15-13(17)11-6-8-14-9-7-11/h1-5,11,14H,6-9H2,(H,15,16,17). The largest absolute Gasteiger partial charge is 0.317 e. The number of nitrogens with one attached hydrogen (secondary N) is 2. The highest BCUT2D eigenvalue weighted by molar-refractivity contribution is 6.05. The fourth-order valence-corrected chi connectivity index (χ4v) is 1.96. The Hall–Kier alpha value is -1.68. The average molecular weight is 232 g/mol. The molecule has 1 aromatic carbocycles. The zero-order valence-electron chi connectivity index (χ0n) is 9.61. The third-order valence-corrected chi connectivity index (χ3v) is 2.98. The summed E-state index contributed by atoms with van der Waals surface area (Å²) in [4.78, 5) is 23.6. The van der Waals surface area contributed by atoms with Gasteiger partial charge in [-0.2, -0.15) is 0 Å². The predicted molar refractivity (Wildman–Crippen MR) is 64.5 cm³/mol. The van der Waals surface area contributed by atoms with E-state index in [0.29, 0.717) is 5.56 Å². The number of carbonyl (C=O) groups is 2. The lowest BCUT2D eigenvalue weighted by Gasteiger charge is -2.21. The Kier molecular flexibility index (Phi) is 3.88. The molecule has 0 bridgehead atoms. The number of carbonyl (C=O) groups excluding carboxylic acids is 2. The van der Waals surface area contributed by atoms with Gasteiger partial charge < -0.3 is 5.32 Å². The normalized spacial score (nSPS) is 16.5. The maximum atomic E-state index is 11.8. The molecule has 1 aliphatic heterocycles. The summed E-state index contributed by atoms with van der Waals surface area (Å²) in [5, 5.41) is 5.65. The zero-order chi connectivity index (χ0) is 12.1. The monoisotopic (exact) mass is 232 g/mol. The first kappa shape index (κ1) is 11.8. The number of hydrogen-bond acceptors (Lipinski definition) is 3. The molecule has 1 saturated heterocycles. The van der Waals surface area contributed by atoms with Gasteiger partial charge in [0.15, 0.2) is 0 Å². The molecule has 17 heavy (non-hydrogen) atoms. The first-order valence-electron chi connectivity index (χ1n) is 5.88. The van der Waals surface area contributed by atoms with Crippen molar-refractivity contribution in [2.45, 2.75) is 12.8 Å². The minimum Gasteiger partial charge on any atom is -0.317 e. The smallest absolute Gasteiger partial charge is 0.257 e. The second-order valence-corrected chi connectivity index (χ2v) is 4.21. The van der Waals surface area contributed by atoms with E-state index in [1.807, 2.05) is 6.07 Å². The third kappa shape index (κ3) is 3.14. The van der Waals surface area contributed by atoms with Gasteiger partial charge in [-0.3, -0.25) is 14.9 Å². The van der Waals surface area contributed by atoms with Crippen molar-refractivity contribution in [3.63, 3.8) is 0 Å². The molecule has 90 valence electrons. The number of hydrogen-bond donors (Lipinski definition) is 2. The van der Waals surface area contributed by atoms with E-state index in [1.165, 1.54) is 0 Å². The summed E-state index contributed by atoms with van der Waals surface area (Å²) < 4.78 is 0. The molecule has 1 fully saturated rings. The van der Waals surface area contributed by atoms with E-state index in [4.69, 9.17) is 0 Å².